The number of allylic oxidation sites excluding steroid dienone is 4. The number of anilines is 1. The summed E-state index contributed by atoms with van der Waals surface area (Å²) in [6, 6.07) is 14.3. The Labute approximate surface area is 441 Å². The maximum absolute atomic E-state index is 18.2. The molecule has 20 heteroatoms. The van der Waals surface area contributed by atoms with Crippen molar-refractivity contribution in [1.29, 1.82) is 0 Å². The molecule has 3 saturated carbocycles. The van der Waals surface area contributed by atoms with Gasteiger partial charge in [-0.15, -0.1) is 0 Å². The first kappa shape index (κ1) is 55.7. The van der Waals surface area contributed by atoms with E-state index in [-0.39, 0.29) is 62.1 Å². The average molecular weight is 1080 g/mol. The van der Waals surface area contributed by atoms with Crippen LogP contribution < -0.4 is 21.3 Å². The Morgan fingerprint density at radius 3 is 2.24 bits per heavy atom. The van der Waals surface area contributed by atoms with Crippen molar-refractivity contribution in [3.05, 3.63) is 113 Å². The SMILES string of the molecule is CC(C)(C)OC(=O)NCCCC[C@H](NC(=O)OCC1c2ccccc2-c2ccccc21)C(=O)NCC(=O)Nc1c(F)ccc(C(=O)O)c1[C@@]1(C(=O)SCF)CC[C@H]2[C@@H]3C[C@H](F)C4=CC(=O)C=C[C@]4(C)[C@@]3(F)[C@@H](O)C[C@@]21C. The van der Waals surface area contributed by atoms with E-state index in [2.05, 4.69) is 21.3 Å². The Morgan fingerprint density at radius 1 is 0.921 bits per heavy atom. The maximum atomic E-state index is 18.2. The molecule has 5 aliphatic rings. The van der Waals surface area contributed by atoms with Crippen LogP contribution in [0.3, 0.4) is 0 Å². The number of fused-ring (bicyclic) bond motifs is 8. The molecule has 0 aliphatic heterocycles. The monoisotopic (exact) mass is 1070 g/mol. The molecule has 0 bridgehead atoms. The lowest BCUT2D eigenvalue weighted by Gasteiger charge is -2.63. The molecule has 8 rings (SSSR count). The minimum absolute atomic E-state index is 0.0228. The Hall–Kier alpha value is -6.54. The van der Waals surface area contributed by atoms with E-state index >= 15 is 13.2 Å². The summed E-state index contributed by atoms with van der Waals surface area (Å²) in [6.07, 6.45) is -3.13. The second-order valence-electron chi connectivity index (χ2n) is 21.7. The molecular weight excluding hydrogens is 1010 g/mol. The van der Waals surface area contributed by atoms with Gasteiger partial charge in [0.05, 0.1) is 29.3 Å². The number of hydrogen-bond acceptors (Lipinski definition) is 11. The van der Waals surface area contributed by atoms with Gasteiger partial charge in [0, 0.05) is 29.4 Å². The summed E-state index contributed by atoms with van der Waals surface area (Å²) in [5, 5.41) is 31.8. The summed E-state index contributed by atoms with van der Waals surface area (Å²) in [5.74, 6) is -8.15. The second kappa shape index (κ2) is 21.5. The summed E-state index contributed by atoms with van der Waals surface area (Å²) in [6.45, 7) is 7.14. The lowest BCUT2D eigenvalue weighted by Crippen LogP contribution is -2.69. The average Bonchev–Trinajstić information content (AvgIpc) is 3.96. The van der Waals surface area contributed by atoms with Crippen molar-refractivity contribution in [3.8, 4) is 11.1 Å². The van der Waals surface area contributed by atoms with E-state index in [0.717, 1.165) is 46.5 Å². The summed E-state index contributed by atoms with van der Waals surface area (Å²) >= 11 is 0.148. The van der Waals surface area contributed by atoms with Crippen molar-refractivity contribution in [2.24, 2.45) is 22.7 Å². The number of thioether (sulfide) groups is 1. The molecule has 0 aromatic heterocycles. The number of carbonyl (C=O) groups excluding carboxylic acids is 6. The number of ether oxygens (including phenoxy) is 2. The van der Waals surface area contributed by atoms with Crippen molar-refractivity contribution >= 4 is 58.3 Å². The molecule has 0 saturated heterocycles. The van der Waals surface area contributed by atoms with Crippen LogP contribution in [0.15, 0.2) is 84.5 Å². The van der Waals surface area contributed by atoms with Crippen molar-refractivity contribution in [3.63, 3.8) is 0 Å². The highest BCUT2D eigenvalue weighted by molar-refractivity contribution is 8.13. The fourth-order valence-corrected chi connectivity index (χ4v) is 13.9. The molecule has 3 fully saturated rings. The molecule has 406 valence electrons. The summed E-state index contributed by atoms with van der Waals surface area (Å²) in [7, 11) is 0. The summed E-state index contributed by atoms with van der Waals surface area (Å²) in [4.78, 5) is 94.2. The number of amides is 4. The fourth-order valence-electron chi connectivity index (χ4n) is 13.1. The third kappa shape index (κ3) is 9.90. The van der Waals surface area contributed by atoms with Gasteiger partial charge >= 0.3 is 18.2 Å². The largest absolute Gasteiger partial charge is 0.478 e. The number of alkyl halides is 3. The van der Waals surface area contributed by atoms with E-state index in [1.807, 2.05) is 48.5 Å². The Bertz CT molecular complexity index is 2870. The van der Waals surface area contributed by atoms with Crippen LogP contribution in [0.5, 0.6) is 0 Å². The van der Waals surface area contributed by atoms with E-state index in [1.54, 1.807) is 20.8 Å². The topological polar surface area (TPSA) is 227 Å². The third-order valence-electron chi connectivity index (χ3n) is 16.4. The predicted octanol–water partition coefficient (Wildman–Crippen LogP) is 8.92. The molecule has 5 aliphatic carbocycles. The lowest BCUT2D eigenvalue weighted by molar-refractivity contribution is -0.203. The molecular formula is C56H62F4N4O11S. The third-order valence-corrected chi connectivity index (χ3v) is 17.1. The van der Waals surface area contributed by atoms with Crippen molar-refractivity contribution in [2.45, 2.75) is 120 Å². The number of hydrogen-bond donors (Lipinski definition) is 6. The zero-order valence-corrected chi connectivity index (χ0v) is 43.6. The number of halogens is 4. The first-order chi connectivity index (χ1) is 35.9. The van der Waals surface area contributed by atoms with Gasteiger partial charge in [0.2, 0.25) is 16.9 Å². The number of aromatic carboxylic acids is 1. The van der Waals surface area contributed by atoms with E-state index in [1.165, 1.54) is 19.9 Å². The van der Waals surface area contributed by atoms with Gasteiger partial charge in [-0.05, 0) is 136 Å². The number of carboxylic acids is 1. The minimum Gasteiger partial charge on any atom is -0.478 e. The van der Waals surface area contributed by atoms with Gasteiger partial charge in [0.15, 0.2) is 11.5 Å². The van der Waals surface area contributed by atoms with Crippen LogP contribution in [0.4, 0.5) is 32.8 Å². The van der Waals surface area contributed by atoms with Crippen LogP contribution >= 0.6 is 11.8 Å². The number of nitrogens with one attached hydrogen (secondary N) is 4. The van der Waals surface area contributed by atoms with Gasteiger partial charge in [-0.2, -0.15) is 0 Å². The predicted molar refractivity (Wildman–Crippen MR) is 274 cm³/mol. The summed E-state index contributed by atoms with van der Waals surface area (Å²) in [5.41, 5.74) is -7.50. The number of alkyl carbamates (subject to hydrolysis) is 2. The van der Waals surface area contributed by atoms with Crippen LogP contribution in [0.25, 0.3) is 11.1 Å². The normalized spacial score (nSPS) is 27.6. The zero-order valence-electron chi connectivity index (χ0n) is 42.7. The molecule has 4 amide bonds. The van der Waals surface area contributed by atoms with Crippen molar-refractivity contribution in [1.82, 2.24) is 16.0 Å². The smallest absolute Gasteiger partial charge is 0.407 e. The Morgan fingerprint density at radius 2 is 1.59 bits per heavy atom. The van der Waals surface area contributed by atoms with E-state index < -0.39 is 147 Å². The molecule has 0 spiro atoms. The number of carbonyl (C=O) groups is 7. The molecule has 15 nitrogen and oxygen atoms in total. The lowest BCUT2D eigenvalue weighted by atomic mass is 9.43. The molecule has 0 radical (unpaired) electrons. The molecule has 6 N–H and O–H groups in total. The molecule has 76 heavy (non-hydrogen) atoms. The molecule has 0 heterocycles. The van der Waals surface area contributed by atoms with Gasteiger partial charge in [0.1, 0.15) is 36.2 Å². The van der Waals surface area contributed by atoms with Gasteiger partial charge in [-0.1, -0.05) is 73.3 Å². The standard InChI is InChI=1S/C56H62F4N4O11S/c1-52(2,3)75-50(72)61-23-11-10-16-42(63-51(73)74-28-36-33-14-8-6-12-31(33)32-13-7-9-15-34(32)36)47(68)62-27-44(67)64-46-40(58)18-17-35(48(69)70)45(46)55(49(71)76-29-57)22-20-37-38-25-41(59)39-24-30(65)19-21-53(39,4)56(38,60)43(66)26-54(37,55)5/h6-9,12-15,17-19,21,24,36-38,41-43,66H,10-11,16,20,22-23,25-29H2,1-5H3,(H,61,72)(H,62,68)(H,63,73)(H,64,67)(H,69,70)/t37-,38-,41-,42-,43-,53-,54-,55+,56-/m0/s1. The zero-order chi connectivity index (χ0) is 55.1. The maximum Gasteiger partial charge on any atom is 0.407 e. The van der Waals surface area contributed by atoms with Crippen molar-refractivity contribution in [2.75, 3.05) is 31.0 Å². The van der Waals surface area contributed by atoms with E-state index in [9.17, 15) is 48.2 Å². The van der Waals surface area contributed by atoms with E-state index in [0.29, 0.717) is 6.42 Å². The number of carboxylic acid groups (broad SMARTS) is 1. The molecule has 3 aromatic rings. The quantitative estimate of drug-likeness (QED) is 0.0584. The number of rotatable bonds is 16. The number of benzene rings is 3. The van der Waals surface area contributed by atoms with Gasteiger partial charge in [-0.3, -0.25) is 19.2 Å². The summed E-state index contributed by atoms with van der Waals surface area (Å²) < 4.78 is 76.5. The first-order valence-corrected chi connectivity index (χ1v) is 26.3. The molecule has 9 atom stereocenters. The number of aliphatic hydroxyl groups is 1. The highest BCUT2D eigenvalue weighted by Gasteiger charge is 2.76. The number of ketones is 1. The first-order valence-electron chi connectivity index (χ1n) is 25.3. The van der Waals surface area contributed by atoms with Crippen LogP contribution in [0, 0.1) is 28.5 Å². The second-order valence-corrected chi connectivity index (χ2v) is 22.6. The van der Waals surface area contributed by atoms with Gasteiger partial charge in [-0.25, -0.2) is 31.9 Å². The van der Waals surface area contributed by atoms with Gasteiger partial charge in [0.25, 0.3) is 0 Å². The van der Waals surface area contributed by atoms with Crippen LogP contribution in [0.2, 0.25) is 0 Å². The van der Waals surface area contributed by atoms with Crippen LogP contribution in [-0.2, 0) is 34.1 Å². The highest BCUT2D eigenvalue weighted by atomic mass is 32.2. The molecule has 0 unspecified atom stereocenters. The van der Waals surface area contributed by atoms with E-state index in [4.69, 9.17) is 9.47 Å². The Balaban J connectivity index is 1.04. The Kier molecular flexibility index (Phi) is 15.7. The fraction of sp³-hybridized carbons (Fsp3) is 0.482. The van der Waals surface area contributed by atoms with Gasteiger partial charge < -0.3 is 41.0 Å². The highest BCUT2D eigenvalue weighted by Crippen LogP contribution is 2.73. The van der Waals surface area contributed by atoms with Crippen LogP contribution in [0.1, 0.15) is 113 Å². The van der Waals surface area contributed by atoms with Crippen molar-refractivity contribution < 1.29 is 70.8 Å². The number of aliphatic hydroxyl groups excluding tert-OH is 1. The van der Waals surface area contributed by atoms with Crippen LogP contribution in [-0.4, -0.2) is 106 Å². The minimum atomic E-state index is -2.61. The molecule has 3 aromatic carbocycles. The number of unbranched alkanes of at least 4 members (excludes halogenated alkanes) is 1.